The third-order valence-electron chi connectivity index (χ3n) is 2.85. The van der Waals surface area contributed by atoms with Crippen molar-refractivity contribution >= 4 is 17.2 Å². The lowest BCUT2D eigenvalue weighted by atomic mass is 10.1. The van der Waals surface area contributed by atoms with E-state index in [1.54, 1.807) is 12.1 Å². The van der Waals surface area contributed by atoms with Gasteiger partial charge in [0.1, 0.15) is 10.8 Å². The lowest BCUT2D eigenvalue weighted by Gasteiger charge is -2.25. The van der Waals surface area contributed by atoms with E-state index in [0.29, 0.717) is 23.7 Å². The standard InChI is InChI=1S/C13H19FN2S/c1-4-16(9(2)3)8-11-6-5-10(13(15)17)7-12(11)14/h5-7,9H,4,8H2,1-3H3,(H2,15,17). The maximum absolute atomic E-state index is 13.8. The number of hydrogen-bond donors (Lipinski definition) is 1. The van der Waals surface area contributed by atoms with Crippen LogP contribution in [0, 0.1) is 5.82 Å². The van der Waals surface area contributed by atoms with E-state index in [4.69, 9.17) is 18.0 Å². The van der Waals surface area contributed by atoms with Crippen molar-refractivity contribution in [1.82, 2.24) is 4.90 Å². The third kappa shape index (κ3) is 3.75. The van der Waals surface area contributed by atoms with Crippen molar-refractivity contribution in [2.45, 2.75) is 33.4 Å². The van der Waals surface area contributed by atoms with Gasteiger partial charge >= 0.3 is 0 Å². The molecule has 0 aliphatic rings. The Kier molecular flexibility index (Phi) is 5.02. The Morgan fingerprint density at radius 1 is 1.47 bits per heavy atom. The molecule has 94 valence electrons. The molecule has 0 radical (unpaired) electrons. The molecule has 0 amide bonds. The lowest BCUT2D eigenvalue weighted by molar-refractivity contribution is 0.222. The first kappa shape index (κ1) is 14.1. The molecule has 4 heteroatoms. The van der Waals surface area contributed by atoms with E-state index in [-0.39, 0.29) is 10.8 Å². The Labute approximate surface area is 108 Å². The number of thiocarbonyl (C=S) groups is 1. The van der Waals surface area contributed by atoms with Crippen molar-refractivity contribution in [2.75, 3.05) is 6.54 Å². The highest BCUT2D eigenvalue weighted by atomic mass is 32.1. The lowest BCUT2D eigenvalue weighted by Crippen LogP contribution is -2.30. The summed E-state index contributed by atoms with van der Waals surface area (Å²) in [5.41, 5.74) is 6.72. The molecule has 2 nitrogen and oxygen atoms in total. The van der Waals surface area contributed by atoms with Gasteiger partial charge in [-0.3, -0.25) is 4.90 Å². The molecule has 0 atom stereocenters. The number of nitrogens with zero attached hydrogens (tertiary/aromatic N) is 1. The van der Waals surface area contributed by atoms with Gasteiger partial charge in [-0.1, -0.05) is 31.3 Å². The van der Waals surface area contributed by atoms with E-state index in [0.717, 1.165) is 6.54 Å². The van der Waals surface area contributed by atoms with Gasteiger partial charge < -0.3 is 5.73 Å². The first-order valence-corrected chi connectivity index (χ1v) is 6.18. The van der Waals surface area contributed by atoms with Crippen molar-refractivity contribution in [3.63, 3.8) is 0 Å². The molecule has 1 aromatic rings. The average Bonchev–Trinajstić information content (AvgIpc) is 2.26. The van der Waals surface area contributed by atoms with Gasteiger partial charge in [-0.05, 0) is 26.5 Å². The summed E-state index contributed by atoms with van der Waals surface area (Å²) in [6.45, 7) is 7.78. The first-order valence-electron chi connectivity index (χ1n) is 5.78. The summed E-state index contributed by atoms with van der Waals surface area (Å²) in [5, 5.41) is 0. The second-order valence-corrected chi connectivity index (χ2v) is 4.77. The largest absolute Gasteiger partial charge is 0.389 e. The second kappa shape index (κ2) is 6.07. The Bertz CT molecular complexity index is 404. The topological polar surface area (TPSA) is 29.3 Å². The molecule has 2 N–H and O–H groups in total. The zero-order chi connectivity index (χ0) is 13.0. The van der Waals surface area contributed by atoms with Gasteiger partial charge in [0, 0.05) is 23.7 Å². The van der Waals surface area contributed by atoms with E-state index in [1.165, 1.54) is 6.07 Å². The van der Waals surface area contributed by atoms with E-state index in [2.05, 4.69) is 25.7 Å². The molecule has 0 saturated heterocycles. The number of benzene rings is 1. The molecule has 0 unspecified atom stereocenters. The predicted molar refractivity (Wildman–Crippen MR) is 73.5 cm³/mol. The molecule has 1 rings (SSSR count). The molecule has 0 aromatic heterocycles. The summed E-state index contributed by atoms with van der Waals surface area (Å²) >= 11 is 4.82. The second-order valence-electron chi connectivity index (χ2n) is 4.33. The van der Waals surface area contributed by atoms with Gasteiger partial charge in [0.05, 0.1) is 0 Å². The molecule has 1 aromatic carbocycles. The fourth-order valence-electron chi connectivity index (χ4n) is 1.71. The van der Waals surface area contributed by atoms with Crippen LogP contribution in [-0.2, 0) is 6.54 Å². The molecule has 0 aliphatic heterocycles. The van der Waals surface area contributed by atoms with Crippen molar-refractivity contribution in [3.8, 4) is 0 Å². The molecule has 0 aliphatic carbocycles. The van der Waals surface area contributed by atoms with Gasteiger partial charge in [0.15, 0.2) is 0 Å². The number of halogens is 1. The van der Waals surface area contributed by atoms with Gasteiger partial charge in [0.2, 0.25) is 0 Å². The van der Waals surface area contributed by atoms with Gasteiger partial charge in [-0.25, -0.2) is 4.39 Å². The van der Waals surface area contributed by atoms with E-state index in [1.807, 2.05) is 0 Å². The third-order valence-corrected chi connectivity index (χ3v) is 3.08. The molecular weight excluding hydrogens is 235 g/mol. The number of rotatable bonds is 5. The summed E-state index contributed by atoms with van der Waals surface area (Å²) in [5.74, 6) is -0.241. The zero-order valence-electron chi connectivity index (χ0n) is 10.5. The fourth-order valence-corrected chi connectivity index (χ4v) is 1.83. The van der Waals surface area contributed by atoms with Crippen LogP contribution in [0.3, 0.4) is 0 Å². The number of hydrogen-bond acceptors (Lipinski definition) is 2. The average molecular weight is 254 g/mol. The van der Waals surface area contributed by atoms with Crippen LogP contribution in [0.25, 0.3) is 0 Å². The van der Waals surface area contributed by atoms with Crippen molar-refractivity contribution in [3.05, 3.63) is 35.1 Å². The van der Waals surface area contributed by atoms with Crippen molar-refractivity contribution < 1.29 is 4.39 Å². The van der Waals surface area contributed by atoms with Crippen LogP contribution >= 0.6 is 12.2 Å². The van der Waals surface area contributed by atoms with Crippen LogP contribution in [0.5, 0.6) is 0 Å². The summed E-state index contributed by atoms with van der Waals surface area (Å²) in [6.07, 6.45) is 0. The van der Waals surface area contributed by atoms with Crippen molar-refractivity contribution in [2.24, 2.45) is 5.73 Å². The molecular formula is C13H19FN2S. The summed E-state index contributed by atoms with van der Waals surface area (Å²) in [7, 11) is 0. The van der Waals surface area contributed by atoms with Crippen LogP contribution in [0.2, 0.25) is 0 Å². The first-order chi connectivity index (χ1) is 7.95. The Morgan fingerprint density at radius 3 is 2.53 bits per heavy atom. The molecule has 0 fully saturated rings. The van der Waals surface area contributed by atoms with Crippen LogP contribution in [-0.4, -0.2) is 22.5 Å². The Hall–Kier alpha value is -1.00. The molecule has 0 spiro atoms. The minimum Gasteiger partial charge on any atom is -0.389 e. The van der Waals surface area contributed by atoms with Crippen LogP contribution in [0.15, 0.2) is 18.2 Å². The SMILES string of the molecule is CCN(Cc1ccc(C(N)=S)cc1F)C(C)C. The molecule has 0 heterocycles. The van der Waals surface area contributed by atoms with E-state index < -0.39 is 0 Å². The van der Waals surface area contributed by atoms with Gasteiger partial charge in [-0.15, -0.1) is 0 Å². The highest BCUT2D eigenvalue weighted by Crippen LogP contribution is 2.14. The highest BCUT2D eigenvalue weighted by Gasteiger charge is 2.11. The van der Waals surface area contributed by atoms with Crippen LogP contribution in [0.1, 0.15) is 31.9 Å². The zero-order valence-corrected chi connectivity index (χ0v) is 11.4. The van der Waals surface area contributed by atoms with Crippen LogP contribution < -0.4 is 5.73 Å². The Morgan fingerprint density at radius 2 is 2.12 bits per heavy atom. The Balaban J connectivity index is 2.89. The fraction of sp³-hybridized carbons (Fsp3) is 0.462. The maximum atomic E-state index is 13.8. The summed E-state index contributed by atoms with van der Waals surface area (Å²) in [6, 6.07) is 5.34. The van der Waals surface area contributed by atoms with Gasteiger partial charge in [-0.2, -0.15) is 0 Å². The summed E-state index contributed by atoms with van der Waals surface area (Å²) in [4.78, 5) is 2.42. The maximum Gasteiger partial charge on any atom is 0.128 e. The van der Waals surface area contributed by atoms with E-state index in [9.17, 15) is 4.39 Å². The normalized spacial score (nSPS) is 11.2. The van der Waals surface area contributed by atoms with Crippen LogP contribution in [0.4, 0.5) is 4.39 Å². The van der Waals surface area contributed by atoms with Crippen molar-refractivity contribution in [1.29, 1.82) is 0 Å². The molecule has 0 saturated carbocycles. The van der Waals surface area contributed by atoms with E-state index >= 15 is 0 Å². The molecule has 17 heavy (non-hydrogen) atoms. The predicted octanol–water partition coefficient (Wildman–Crippen LogP) is 2.69. The quantitative estimate of drug-likeness (QED) is 0.819. The van der Waals surface area contributed by atoms with Gasteiger partial charge in [0.25, 0.3) is 0 Å². The molecule has 0 bridgehead atoms. The smallest absolute Gasteiger partial charge is 0.128 e. The minimum absolute atomic E-state index is 0.228. The number of nitrogens with two attached hydrogens (primary N) is 1. The minimum atomic E-state index is -0.241. The summed E-state index contributed by atoms with van der Waals surface area (Å²) < 4.78 is 13.8. The highest BCUT2D eigenvalue weighted by molar-refractivity contribution is 7.80. The monoisotopic (exact) mass is 254 g/mol.